The van der Waals surface area contributed by atoms with E-state index < -0.39 is 17.6 Å². The zero-order valence-corrected chi connectivity index (χ0v) is 7.67. The summed E-state index contributed by atoms with van der Waals surface area (Å²) in [5.74, 6) is -1.56. The molecule has 0 spiro atoms. The van der Waals surface area contributed by atoms with Crippen LogP contribution in [0, 0.1) is 0 Å². The van der Waals surface area contributed by atoms with Crippen molar-refractivity contribution in [2.24, 2.45) is 0 Å². The average Bonchev–Trinajstić information content (AvgIpc) is 2.17. The van der Waals surface area contributed by atoms with Gasteiger partial charge in [0.2, 0.25) is 5.82 Å². The molecule has 0 aliphatic heterocycles. The Labute approximate surface area is 86.4 Å². The van der Waals surface area contributed by atoms with Crippen LogP contribution in [0.4, 0.5) is 13.2 Å². The molecular formula is C9H5F3N2O2. The lowest BCUT2D eigenvalue weighted by molar-refractivity contribution is -0.144. The Morgan fingerprint density at radius 3 is 2.62 bits per heavy atom. The molecule has 0 fully saturated rings. The zero-order chi connectivity index (χ0) is 11.9. The van der Waals surface area contributed by atoms with Crippen LogP contribution in [0.25, 0.3) is 10.9 Å². The summed E-state index contributed by atoms with van der Waals surface area (Å²) >= 11 is 0. The zero-order valence-electron chi connectivity index (χ0n) is 7.67. The normalized spacial score (nSPS) is 11.9. The van der Waals surface area contributed by atoms with E-state index >= 15 is 0 Å². The molecule has 2 rings (SSSR count). The number of H-pyrrole nitrogens is 1. The number of hydrogen-bond donors (Lipinski definition) is 2. The molecule has 2 N–H and O–H groups in total. The van der Waals surface area contributed by atoms with Gasteiger partial charge in [0, 0.05) is 0 Å². The van der Waals surface area contributed by atoms with Crippen molar-refractivity contribution in [3.63, 3.8) is 0 Å². The first-order valence-corrected chi connectivity index (χ1v) is 4.18. The summed E-state index contributed by atoms with van der Waals surface area (Å²) in [4.78, 5) is 16.2. The molecule has 16 heavy (non-hydrogen) atoms. The number of benzene rings is 1. The van der Waals surface area contributed by atoms with Crippen LogP contribution in [0.1, 0.15) is 5.82 Å². The quantitative estimate of drug-likeness (QED) is 0.723. The Kier molecular flexibility index (Phi) is 2.11. The molecule has 0 aliphatic carbocycles. The second-order valence-electron chi connectivity index (χ2n) is 3.11. The van der Waals surface area contributed by atoms with Crippen molar-refractivity contribution >= 4 is 10.9 Å². The number of aromatic nitrogens is 2. The van der Waals surface area contributed by atoms with Gasteiger partial charge >= 0.3 is 6.18 Å². The molecule has 2 aromatic rings. The SMILES string of the molecule is O=c1[nH]c(C(F)(F)F)nc2ccc(O)cc12. The smallest absolute Gasteiger partial charge is 0.449 e. The fourth-order valence-electron chi connectivity index (χ4n) is 1.26. The molecule has 0 aliphatic rings. The first-order valence-electron chi connectivity index (χ1n) is 4.18. The first kappa shape index (κ1) is 10.5. The van der Waals surface area contributed by atoms with E-state index in [1.807, 2.05) is 0 Å². The van der Waals surface area contributed by atoms with Gasteiger partial charge in [-0.25, -0.2) is 4.98 Å². The maximum atomic E-state index is 12.3. The number of fused-ring (bicyclic) bond motifs is 1. The van der Waals surface area contributed by atoms with Gasteiger partial charge in [-0.1, -0.05) is 0 Å². The number of aromatic hydroxyl groups is 1. The number of phenols is 1. The Morgan fingerprint density at radius 1 is 1.31 bits per heavy atom. The van der Waals surface area contributed by atoms with Crippen molar-refractivity contribution in [2.45, 2.75) is 6.18 Å². The lowest BCUT2D eigenvalue weighted by atomic mass is 10.2. The van der Waals surface area contributed by atoms with E-state index in [0.29, 0.717) is 0 Å². The van der Waals surface area contributed by atoms with E-state index in [9.17, 15) is 18.0 Å². The van der Waals surface area contributed by atoms with E-state index in [-0.39, 0.29) is 16.7 Å². The van der Waals surface area contributed by atoms with Crippen molar-refractivity contribution < 1.29 is 18.3 Å². The van der Waals surface area contributed by atoms with Crippen molar-refractivity contribution in [1.82, 2.24) is 9.97 Å². The van der Waals surface area contributed by atoms with Crippen LogP contribution in [0.15, 0.2) is 23.0 Å². The Bertz CT molecular complexity index is 604. The van der Waals surface area contributed by atoms with Crippen molar-refractivity contribution in [3.05, 3.63) is 34.4 Å². The third kappa shape index (κ3) is 1.71. The average molecular weight is 230 g/mol. The highest BCUT2D eigenvalue weighted by Gasteiger charge is 2.34. The monoisotopic (exact) mass is 230 g/mol. The number of alkyl halides is 3. The van der Waals surface area contributed by atoms with Crippen LogP contribution < -0.4 is 5.56 Å². The third-order valence-electron chi connectivity index (χ3n) is 1.96. The van der Waals surface area contributed by atoms with Crippen molar-refractivity contribution in [3.8, 4) is 5.75 Å². The molecule has 0 unspecified atom stereocenters. The topological polar surface area (TPSA) is 66.0 Å². The maximum absolute atomic E-state index is 12.3. The highest BCUT2D eigenvalue weighted by atomic mass is 19.4. The Morgan fingerprint density at radius 2 is 2.00 bits per heavy atom. The highest BCUT2D eigenvalue weighted by Crippen LogP contribution is 2.26. The van der Waals surface area contributed by atoms with Crippen LogP contribution >= 0.6 is 0 Å². The van der Waals surface area contributed by atoms with Crippen LogP contribution in [0.3, 0.4) is 0 Å². The fourth-order valence-corrected chi connectivity index (χ4v) is 1.26. The van der Waals surface area contributed by atoms with E-state index in [0.717, 1.165) is 18.2 Å². The number of aromatic amines is 1. The molecule has 84 valence electrons. The summed E-state index contributed by atoms with van der Waals surface area (Å²) in [6.07, 6.45) is -4.70. The molecule has 0 saturated carbocycles. The van der Waals surface area contributed by atoms with Gasteiger partial charge in [-0.3, -0.25) is 4.79 Å². The number of hydrogen-bond acceptors (Lipinski definition) is 3. The van der Waals surface area contributed by atoms with Crippen LogP contribution in [-0.4, -0.2) is 15.1 Å². The van der Waals surface area contributed by atoms with Gasteiger partial charge in [0.15, 0.2) is 0 Å². The standard InChI is InChI=1S/C9H5F3N2O2/c10-9(11,12)8-13-6-2-1-4(15)3-5(6)7(16)14-8/h1-3,15H,(H,13,14,16). The molecular weight excluding hydrogens is 225 g/mol. The number of phenolic OH excluding ortho intramolecular Hbond substituents is 1. The lowest BCUT2D eigenvalue weighted by Crippen LogP contribution is -2.18. The van der Waals surface area contributed by atoms with Gasteiger partial charge in [-0.2, -0.15) is 13.2 Å². The fraction of sp³-hybridized carbons (Fsp3) is 0.111. The molecule has 4 nitrogen and oxygen atoms in total. The molecule has 0 amide bonds. The Balaban J connectivity index is 2.79. The molecule has 0 bridgehead atoms. The summed E-state index contributed by atoms with van der Waals surface area (Å²) in [6, 6.07) is 3.37. The number of nitrogens with one attached hydrogen (secondary N) is 1. The van der Waals surface area contributed by atoms with Crippen LogP contribution in [0.5, 0.6) is 5.75 Å². The van der Waals surface area contributed by atoms with Crippen molar-refractivity contribution in [1.29, 1.82) is 0 Å². The van der Waals surface area contributed by atoms with Gasteiger partial charge in [0.25, 0.3) is 5.56 Å². The lowest BCUT2D eigenvalue weighted by Gasteiger charge is -2.06. The molecule has 1 heterocycles. The largest absolute Gasteiger partial charge is 0.508 e. The molecule has 1 aromatic heterocycles. The van der Waals surface area contributed by atoms with Gasteiger partial charge in [0.05, 0.1) is 10.9 Å². The number of nitrogens with zero attached hydrogens (tertiary/aromatic N) is 1. The summed E-state index contributed by atoms with van der Waals surface area (Å²) in [7, 11) is 0. The van der Waals surface area contributed by atoms with Gasteiger partial charge in [-0.05, 0) is 18.2 Å². The van der Waals surface area contributed by atoms with E-state index in [2.05, 4.69) is 4.98 Å². The molecule has 0 saturated heterocycles. The predicted octanol–water partition coefficient (Wildman–Crippen LogP) is 1.65. The van der Waals surface area contributed by atoms with Gasteiger partial charge in [0.1, 0.15) is 5.75 Å². The first-order chi connectivity index (χ1) is 7.38. The minimum absolute atomic E-state index is 0.0898. The second-order valence-corrected chi connectivity index (χ2v) is 3.11. The van der Waals surface area contributed by atoms with Crippen molar-refractivity contribution in [2.75, 3.05) is 0 Å². The molecule has 7 heteroatoms. The summed E-state index contributed by atoms with van der Waals surface area (Å²) in [5.41, 5.74) is -1.05. The summed E-state index contributed by atoms with van der Waals surface area (Å²) in [5, 5.41) is 8.99. The Hall–Kier alpha value is -2.05. The van der Waals surface area contributed by atoms with Gasteiger partial charge < -0.3 is 10.1 Å². The molecule has 0 radical (unpaired) electrons. The second kappa shape index (κ2) is 3.22. The van der Waals surface area contributed by atoms with E-state index in [1.165, 1.54) is 0 Å². The minimum atomic E-state index is -4.70. The van der Waals surface area contributed by atoms with E-state index in [1.54, 1.807) is 4.98 Å². The van der Waals surface area contributed by atoms with Gasteiger partial charge in [-0.15, -0.1) is 0 Å². The predicted molar refractivity (Wildman–Crippen MR) is 49.0 cm³/mol. The third-order valence-corrected chi connectivity index (χ3v) is 1.96. The highest BCUT2D eigenvalue weighted by molar-refractivity contribution is 5.78. The summed E-state index contributed by atoms with van der Waals surface area (Å²) in [6.45, 7) is 0. The number of halogens is 3. The minimum Gasteiger partial charge on any atom is -0.508 e. The van der Waals surface area contributed by atoms with E-state index in [4.69, 9.17) is 5.11 Å². The van der Waals surface area contributed by atoms with Crippen LogP contribution in [-0.2, 0) is 6.18 Å². The van der Waals surface area contributed by atoms with Crippen LogP contribution in [0.2, 0.25) is 0 Å². The summed E-state index contributed by atoms with van der Waals surface area (Å²) < 4.78 is 36.9. The maximum Gasteiger partial charge on any atom is 0.449 e. The number of rotatable bonds is 0. The molecule has 1 aromatic carbocycles. The molecule has 0 atom stereocenters.